The van der Waals surface area contributed by atoms with Crippen LogP contribution in [0.2, 0.25) is 0 Å². The first-order valence-electron chi connectivity index (χ1n) is 6.86. The summed E-state index contributed by atoms with van der Waals surface area (Å²) in [6.45, 7) is 1.73. The second kappa shape index (κ2) is 5.85. The molecule has 1 N–H and O–H groups in total. The zero-order chi connectivity index (χ0) is 15.5. The van der Waals surface area contributed by atoms with Gasteiger partial charge in [-0.3, -0.25) is 4.79 Å². The van der Waals surface area contributed by atoms with E-state index in [0.29, 0.717) is 17.1 Å². The van der Waals surface area contributed by atoms with Gasteiger partial charge in [-0.15, -0.1) is 0 Å². The maximum atomic E-state index is 13.0. The lowest BCUT2D eigenvalue weighted by Gasteiger charge is -2.03. The summed E-state index contributed by atoms with van der Waals surface area (Å²) in [7, 11) is 0. The van der Waals surface area contributed by atoms with Crippen LogP contribution < -0.4 is 5.32 Å². The molecular formula is C18H14FNO2. The zero-order valence-corrected chi connectivity index (χ0v) is 12.0. The Kier molecular flexibility index (Phi) is 3.74. The molecule has 0 fully saturated rings. The third-order valence-electron chi connectivity index (χ3n) is 3.32. The molecule has 0 aliphatic heterocycles. The highest BCUT2D eigenvalue weighted by molar-refractivity contribution is 6.05. The van der Waals surface area contributed by atoms with Crippen molar-refractivity contribution in [2.75, 3.05) is 5.32 Å². The van der Waals surface area contributed by atoms with E-state index in [4.69, 9.17) is 4.42 Å². The van der Waals surface area contributed by atoms with Crippen molar-refractivity contribution in [1.29, 1.82) is 0 Å². The fourth-order valence-corrected chi connectivity index (χ4v) is 2.18. The van der Waals surface area contributed by atoms with E-state index in [1.54, 1.807) is 25.1 Å². The lowest BCUT2D eigenvalue weighted by Crippen LogP contribution is -2.11. The third kappa shape index (κ3) is 2.91. The Morgan fingerprint density at radius 2 is 1.73 bits per heavy atom. The normalized spacial score (nSPS) is 10.5. The van der Waals surface area contributed by atoms with Gasteiger partial charge in [0.15, 0.2) is 0 Å². The number of para-hydroxylation sites is 1. The van der Waals surface area contributed by atoms with Crippen LogP contribution in [0.25, 0.3) is 11.3 Å². The lowest BCUT2D eigenvalue weighted by molar-refractivity contribution is 0.102. The van der Waals surface area contributed by atoms with Crippen LogP contribution in [-0.2, 0) is 0 Å². The molecule has 1 aromatic heterocycles. The van der Waals surface area contributed by atoms with Crippen molar-refractivity contribution in [3.8, 4) is 11.3 Å². The summed E-state index contributed by atoms with van der Waals surface area (Å²) < 4.78 is 18.6. The summed E-state index contributed by atoms with van der Waals surface area (Å²) in [5.41, 5.74) is 1.91. The van der Waals surface area contributed by atoms with Gasteiger partial charge in [0.1, 0.15) is 17.3 Å². The average molecular weight is 295 g/mol. The van der Waals surface area contributed by atoms with E-state index in [2.05, 4.69) is 5.32 Å². The number of hydrogen-bond acceptors (Lipinski definition) is 2. The highest BCUT2D eigenvalue weighted by Crippen LogP contribution is 2.26. The van der Waals surface area contributed by atoms with E-state index in [0.717, 1.165) is 11.3 Å². The molecule has 0 saturated heterocycles. The quantitative estimate of drug-likeness (QED) is 0.764. The van der Waals surface area contributed by atoms with E-state index < -0.39 is 0 Å². The van der Waals surface area contributed by atoms with Gasteiger partial charge in [-0.1, -0.05) is 18.2 Å². The van der Waals surface area contributed by atoms with E-state index in [1.165, 1.54) is 12.1 Å². The summed E-state index contributed by atoms with van der Waals surface area (Å²) in [5.74, 6) is 0.512. The van der Waals surface area contributed by atoms with Crippen molar-refractivity contribution in [2.24, 2.45) is 0 Å². The van der Waals surface area contributed by atoms with Crippen molar-refractivity contribution in [3.63, 3.8) is 0 Å². The lowest BCUT2D eigenvalue weighted by atomic mass is 10.1. The summed E-state index contributed by atoms with van der Waals surface area (Å²) in [6.07, 6.45) is 0. The molecule has 0 saturated carbocycles. The Hall–Kier alpha value is -2.88. The van der Waals surface area contributed by atoms with Crippen LogP contribution in [0.4, 0.5) is 10.1 Å². The Labute approximate surface area is 127 Å². The van der Waals surface area contributed by atoms with Crippen LogP contribution in [0.5, 0.6) is 0 Å². The van der Waals surface area contributed by atoms with Gasteiger partial charge in [-0.2, -0.15) is 0 Å². The molecule has 0 aliphatic carbocycles. The van der Waals surface area contributed by atoms with Crippen molar-refractivity contribution < 1.29 is 13.6 Å². The molecule has 3 rings (SSSR count). The third-order valence-corrected chi connectivity index (χ3v) is 3.32. The minimum absolute atomic E-state index is 0.235. The molecule has 0 radical (unpaired) electrons. The molecule has 0 bridgehead atoms. The number of hydrogen-bond donors (Lipinski definition) is 1. The number of benzene rings is 2. The summed E-state index contributed by atoms with van der Waals surface area (Å²) in [5, 5.41) is 2.81. The Morgan fingerprint density at radius 1 is 1.05 bits per heavy atom. The first kappa shape index (κ1) is 14.1. The van der Waals surface area contributed by atoms with Gasteiger partial charge in [-0.25, -0.2) is 4.39 Å². The molecule has 0 spiro atoms. The molecule has 0 aliphatic rings. The van der Waals surface area contributed by atoms with E-state index >= 15 is 0 Å². The molecule has 3 aromatic rings. The van der Waals surface area contributed by atoms with Crippen LogP contribution in [-0.4, -0.2) is 5.91 Å². The van der Waals surface area contributed by atoms with Crippen LogP contribution in [0.3, 0.4) is 0 Å². The van der Waals surface area contributed by atoms with E-state index in [-0.39, 0.29) is 11.7 Å². The number of carbonyl (C=O) groups excluding carboxylic acids is 1. The number of nitrogens with one attached hydrogen (secondary N) is 1. The molecule has 110 valence electrons. The number of amides is 1. The SMILES string of the molecule is Cc1oc(-c2ccc(F)cc2)cc1C(=O)Nc1ccccc1. The van der Waals surface area contributed by atoms with Crippen molar-refractivity contribution in [1.82, 2.24) is 0 Å². The van der Waals surface area contributed by atoms with Gasteiger partial charge in [0.05, 0.1) is 5.56 Å². The number of anilines is 1. The molecule has 0 atom stereocenters. The van der Waals surface area contributed by atoms with Gasteiger partial charge in [0.2, 0.25) is 0 Å². The smallest absolute Gasteiger partial charge is 0.259 e. The van der Waals surface area contributed by atoms with Crippen LogP contribution >= 0.6 is 0 Å². The number of aryl methyl sites for hydroxylation is 1. The number of furan rings is 1. The average Bonchev–Trinajstić information content (AvgIpc) is 2.91. The molecular weight excluding hydrogens is 281 g/mol. The van der Waals surface area contributed by atoms with Crippen molar-refractivity contribution in [3.05, 3.63) is 77.8 Å². The minimum atomic E-state index is -0.311. The molecule has 1 heterocycles. The van der Waals surface area contributed by atoms with Crippen LogP contribution in [0.1, 0.15) is 16.1 Å². The zero-order valence-electron chi connectivity index (χ0n) is 12.0. The first-order chi connectivity index (χ1) is 10.6. The second-order valence-corrected chi connectivity index (χ2v) is 4.91. The number of carbonyl (C=O) groups is 1. The predicted molar refractivity (Wildman–Crippen MR) is 83.2 cm³/mol. The summed E-state index contributed by atoms with van der Waals surface area (Å²) >= 11 is 0. The van der Waals surface area contributed by atoms with Gasteiger partial charge < -0.3 is 9.73 Å². The fourth-order valence-electron chi connectivity index (χ4n) is 2.18. The molecule has 4 heteroatoms. The van der Waals surface area contributed by atoms with Gasteiger partial charge in [0, 0.05) is 11.3 Å². The largest absolute Gasteiger partial charge is 0.461 e. The molecule has 22 heavy (non-hydrogen) atoms. The summed E-state index contributed by atoms with van der Waals surface area (Å²) in [6, 6.07) is 16.8. The number of rotatable bonds is 3. The molecule has 2 aromatic carbocycles. The van der Waals surface area contributed by atoms with E-state index in [1.807, 2.05) is 30.3 Å². The molecule has 3 nitrogen and oxygen atoms in total. The first-order valence-corrected chi connectivity index (χ1v) is 6.86. The Morgan fingerprint density at radius 3 is 2.41 bits per heavy atom. The highest BCUT2D eigenvalue weighted by atomic mass is 19.1. The second-order valence-electron chi connectivity index (χ2n) is 4.91. The van der Waals surface area contributed by atoms with E-state index in [9.17, 15) is 9.18 Å². The van der Waals surface area contributed by atoms with Crippen molar-refractivity contribution in [2.45, 2.75) is 6.92 Å². The van der Waals surface area contributed by atoms with Gasteiger partial charge in [-0.05, 0) is 49.4 Å². The fraction of sp³-hybridized carbons (Fsp3) is 0.0556. The molecule has 0 unspecified atom stereocenters. The highest BCUT2D eigenvalue weighted by Gasteiger charge is 2.16. The predicted octanol–water partition coefficient (Wildman–Crippen LogP) is 4.65. The Bertz CT molecular complexity index is 792. The van der Waals surface area contributed by atoms with Gasteiger partial charge >= 0.3 is 0 Å². The van der Waals surface area contributed by atoms with Crippen LogP contribution in [0.15, 0.2) is 65.1 Å². The molecule has 1 amide bonds. The maximum Gasteiger partial charge on any atom is 0.259 e. The maximum absolute atomic E-state index is 13.0. The monoisotopic (exact) mass is 295 g/mol. The van der Waals surface area contributed by atoms with Gasteiger partial charge in [0.25, 0.3) is 5.91 Å². The topological polar surface area (TPSA) is 42.2 Å². The number of halogens is 1. The minimum Gasteiger partial charge on any atom is -0.461 e. The standard InChI is InChI=1S/C18H14FNO2/c1-12-16(18(21)20-15-5-3-2-4-6-15)11-17(22-12)13-7-9-14(19)10-8-13/h2-11H,1H3,(H,20,21). The summed E-state index contributed by atoms with van der Waals surface area (Å²) in [4.78, 5) is 12.3. The Balaban J connectivity index is 1.86. The van der Waals surface area contributed by atoms with Crippen LogP contribution in [0, 0.1) is 12.7 Å². The van der Waals surface area contributed by atoms with Crippen molar-refractivity contribution >= 4 is 11.6 Å².